The molecule has 1 nitrogen and oxygen atoms in total. The third kappa shape index (κ3) is 2.64. The van der Waals surface area contributed by atoms with Crippen molar-refractivity contribution in [1.82, 2.24) is 0 Å². The summed E-state index contributed by atoms with van der Waals surface area (Å²) in [4.78, 5) is 0. The molecule has 1 aromatic carbocycles. The summed E-state index contributed by atoms with van der Waals surface area (Å²) in [6.07, 6.45) is 0.163. The Bertz CT molecular complexity index is 465. The van der Waals surface area contributed by atoms with E-state index in [1.807, 2.05) is 36.6 Å². The highest BCUT2D eigenvalue weighted by molar-refractivity contribution is 7.07. The van der Waals surface area contributed by atoms with Crippen molar-refractivity contribution in [2.75, 3.05) is 0 Å². The number of benzene rings is 1. The van der Waals surface area contributed by atoms with Crippen LogP contribution in [0.15, 0.2) is 35.0 Å². The number of rotatable bonds is 3. The van der Waals surface area contributed by atoms with E-state index in [-0.39, 0.29) is 0 Å². The fourth-order valence-corrected chi connectivity index (χ4v) is 2.44. The highest BCUT2D eigenvalue weighted by atomic mass is 35.5. The molecule has 0 radical (unpaired) electrons. The monoisotopic (exact) mass is 252 g/mol. The second-order valence-electron chi connectivity index (χ2n) is 3.86. The first-order chi connectivity index (χ1) is 7.66. The number of halogens is 1. The van der Waals surface area contributed by atoms with Gasteiger partial charge < -0.3 is 5.11 Å². The largest absolute Gasteiger partial charge is 0.388 e. The van der Waals surface area contributed by atoms with Crippen LogP contribution in [0.5, 0.6) is 0 Å². The summed E-state index contributed by atoms with van der Waals surface area (Å²) < 4.78 is 0. The SMILES string of the molecule is Cc1ccc(C(O)Cc2ccsc2)cc1Cl. The molecule has 84 valence electrons. The lowest BCUT2D eigenvalue weighted by molar-refractivity contribution is 0.178. The van der Waals surface area contributed by atoms with E-state index in [2.05, 4.69) is 5.38 Å². The lowest BCUT2D eigenvalue weighted by Gasteiger charge is -2.11. The third-order valence-corrected chi connectivity index (χ3v) is 3.73. The Morgan fingerprint density at radius 2 is 2.19 bits per heavy atom. The van der Waals surface area contributed by atoms with Crippen molar-refractivity contribution in [3.05, 3.63) is 56.7 Å². The molecule has 3 heteroatoms. The Morgan fingerprint density at radius 3 is 2.81 bits per heavy atom. The minimum atomic E-state index is -0.479. The number of hydrogen-bond acceptors (Lipinski definition) is 2. The molecule has 0 fully saturated rings. The summed E-state index contributed by atoms with van der Waals surface area (Å²) >= 11 is 7.68. The zero-order chi connectivity index (χ0) is 11.5. The molecule has 0 bridgehead atoms. The van der Waals surface area contributed by atoms with Gasteiger partial charge in [0, 0.05) is 11.4 Å². The van der Waals surface area contributed by atoms with E-state index < -0.39 is 6.10 Å². The van der Waals surface area contributed by atoms with E-state index >= 15 is 0 Å². The first-order valence-corrected chi connectivity index (χ1v) is 6.44. The lowest BCUT2D eigenvalue weighted by Crippen LogP contribution is -2.01. The van der Waals surface area contributed by atoms with Crippen molar-refractivity contribution in [1.29, 1.82) is 0 Å². The van der Waals surface area contributed by atoms with E-state index in [0.29, 0.717) is 11.4 Å². The highest BCUT2D eigenvalue weighted by Crippen LogP contribution is 2.24. The molecule has 0 aliphatic rings. The van der Waals surface area contributed by atoms with Crippen LogP contribution in [-0.4, -0.2) is 5.11 Å². The Labute approximate surface area is 104 Å². The summed E-state index contributed by atoms with van der Waals surface area (Å²) in [5.74, 6) is 0. The van der Waals surface area contributed by atoms with E-state index in [4.69, 9.17) is 11.6 Å². The average Bonchev–Trinajstić information content (AvgIpc) is 2.74. The van der Waals surface area contributed by atoms with Gasteiger partial charge in [0.25, 0.3) is 0 Å². The van der Waals surface area contributed by atoms with Gasteiger partial charge in [-0.1, -0.05) is 23.7 Å². The van der Waals surface area contributed by atoms with Gasteiger partial charge in [0.1, 0.15) is 0 Å². The Kier molecular flexibility index (Phi) is 3.64. The molecule has 2 rings (SSSR count). The second kappa shape index (κ2) is 5.00. The summed E-state index contributed by atoms with van der Waals surface area (Å²) in [5, 5.41) is 14.8. The predicted octanol–water partition coefficient (Wildman–Crippen LogP) is 3.99. The number of thiophene rings is 1. The zero-order valence-electron chi connectivity index (χ0n) is 8.98. The maximum absolute atomic E-state index is 10.1. The summed E-state index contributed by atoms with van der Waals surface area (Å²) in [6.45, 7) is 1.96. The number of aryl methyl sites for hydroxylation is 1. The summed E-state index contributed by atoms with van der Waals surface area (Å²) in [6, 6.07) is 7.74. The van der Waals surface area contributed by atoms with Gasteiger partial charge in [-0.15, -0.1) is 0 Å². The van der Waals surface area contributed by atoms with Gasteiger partial charge in [-0.3, -0.25) is 0 Å². The fourth-order valence-electron chi connectivity index (χ4n) is 1.57. The van der Waals surface area contributed by atoms with Gasteiger partial charge in [0.05, 0.1) is 6.10 Å². The molecule has 1 unspecified atom stereocenters. The first-order valence-electron chi connectivity index (χ1n) is 5.12. The maximum atomic E-state index is 10.1. The van der Waals surface area contributed by atoms with Crippen LogP contribution in [0.1, 0.15) is 22.8 Å². The molecular weight excluding hydrogens is 240 g/mol. The molecule has 0 aliphatic heterocycles. The van der Waals surface area contributed by atoms with Crippen molar-refractivity contribution in [2.45, 2.75) is 19.4 Å². The van der Waals surface area contributed by atoms with Crippen LogP contribution in [0, 0.1) is 6.92 Å². The van der Waals surface area contributed by atoms with Gasteiger partial charge in [-0.2, -0.15) is 11.3 Å². The van der Waals surface area contributed by atoms with E-state index in [0.717, 1.165) is 16.7 Å². The normalized spacial score (nSPS) is 12.7. The molecule has 0 saturated heterocycles. The van der Waals surface area contributed by atoms with Gasteiger partial charge in [-0.25, -0.2) is 0 Å². The van der Waals surface area contributed by atoms with Crippen molar-refractivity contribution in [2.24, 2.45) is 0 Å². The van der Waals surface area contributed by atoms with Crippen molar-refractivity contribution < 1.29 is 5.11 Å². The molecular formula is C13H13ClOS. The first kappa shape index (κ1) is 11.6. The molecule has 1 N–H and O–H groups in total. The molecule has 0 aliphatic carbocycles. The van der Waals surface area contributed by atoms with Crippen LogP contribution >= 0.6 is 22.9 Å². The predicted molar refractivity (Wildman–Crippen MR) is 69.2 cm³/mol. The van der Waals surface area contributed by atoms with Gasteiger partial charge in [0.15, 0.2) is 0 Å². The Balaban J connectivity index is 2.14. The van der Waals surface area contributed by atoms with E-state index in [1.165, 1.54) is 0 Å². The van der Waals surface area contributed by atoms with Gasteiger partial charge >= 0.3 is 0 Å². The van der Waals surface area contributed by atoms with Crippen molar-refractivity contribution in [3.8, 4) is 0 Å². The van der Waals surface area contributed by atoms with E-state index in [9.17, 15) is 5.11 Å². The fraction of sp³-hybridized carbons (Fsp3) is 0.231. The smallest absolute Gasteiger partial charge is 0.0831 e. The van der Waals surface area contributed by atoms with E-state index in [1.54, 1.807) is 11.3 Å². The van der Waals surface area contributed by atoms with Crippen LogP contribution in [0.4, 0.5) is 0 Å². The molecule has 1 atom stereocenters. The second-order valence-corrected chi connectivity index (χ2v) is 5.05. The highest BCUT2D eigenvalue weighted by Gasteiger charge is 2.10. The van der Waals surface area contributed by atoms with Crippen molar-refractivity contribution >= 4 is 22.9 Å². The Hall–Kier alpha value is -0.830. The third-order valence-electron chi connectivity index (χ3n) is 2.59. The molecule has 0 spiro atoms. The number of hydrogen-bond donors (Lipinski definition) is 1. The quantitative estimate of drug-likeness (QED) is 0.876. The molecule has 1 heterocycles. The van der Waals surface area contributed by atoms with Crippen LogP contribution in [-0.2, 0) is 6.42 Å². The number of aliphatic hydroxyl groups excluding tert-OH is 1. The average molecular weight is 253 g/mol. The van der Waals surface area contributed by atoms with Crippen LogP contribution in [0.25, 0.3) is 0 Å². The Morgan fingerprint density at radius 1 is 1.38 bits per heavy atom. The maximum Gasteiger partial charge on any atom is 0.0831 e. The number of aliphatic hydroxyl groups is 1. The summed E-state index contributed by atoms with van der Waals surface area (Å²) in [7, 11) is 0. The minimum Gasteiger partial charge on any atom is -0.388 e. The van der Waals surface area contributed by atoms with Crippen molar-refractivity contribution in [3.63, 3.8) is 0 Å². The zero-order valence-corrected chi connectivity index (χ0v) is 10.6. The van der Waals surface area contributed by atoms with Crippen LogP contribution in [0.2, 0.25) is 5.02 Å². The minimum absolute atomic E-state index is 0.479. The molecule has 0 saturated carbocycles. The van der Waals surface area contributed by atoms with Crippen LogP contribution < -0.4 is 0 Å². The molecule has 16 heavy (non-hydrogen) atoms. The standard InChI is InChI=1S/C13H13ClOS/c1-9-2-3-11(7-12(9)14)13(15)6-10-4-5-16-8-10/h2-5,7-8,13,15H,6H2,1H3. The summed E-state index contributed by atoms with van der Waals surface area (Å²) in [5.41, 5.74) is 3.07. The molecule has 0 amide bonds. The van der Waals surface area contributed by atoms with Gasteiger partial charge in [0.2, 0.25) is 0 Å². The molecule has 2 aromatic rings. The van der Waals surface area contributed by atoms with Gasteiger partial charge in [-0.05, 0) is 46.5 Å². The van der Waals surface area contributed by atoms with Crippen LogP contribution in [0.3, 0.4) is 0 Å². The molecule has 1 aromatic heterocycles. The topological polar surface area (TPSA) is 20.2 Å². The lowest BCUT2D eigenvalue weighted by atomic mass is 10.0.